The lowest BCUT2D eigenvalue weighted by Crippen LogP contribution is -2.48. The highest BCUT2D eigenvalue weighted by Gasteiger charge is 2.31. The van der Waals surface area contributed by atoms with E-state index in [1.54, 1.807) is 43.4 Å². The van der Waals surface area contributed by atoms with Gasteiger partial charge in [-0.15, -0.1) is 0 Å². The van der Waals surface area contributed by atoms with Gasteiger partial charge in [0.2, 0.25) is 5.91 Å². The minimum atomic E-state index is -4.37. The Labute approximate surface area is 173 Å². The maximum absolute atomic E-state index is 12.9. The maximum Gasteiger partial charge on any atom is 0.416 e. The Kier molecular flexibility index (Phi) is 6.54. The number of methoxy groups -OCH3 is 2. The molecule has 30 heavy (non-hydrogen) atoms. The van der Waals surface area contributed by atoms with Gasteiger partial charge in [-0.25, -0.2) is 0 Å². The lowest BCUT2D eigenvalue weighted by molar-refractivity contribution is -0.137. The van der Waals surface area contributed by atoms with Crippen LogP contribution in [0.15, 0.2) is 48.5 Å². The van der Waals surface area contributed by atoms with E-state index in [0.29, 0.717) is 43.4 Å². The zero-order chi connectivity index (χ0) is 21.7. The molecular weight excluding hydrogens is 397 g/mol. The zero-order valence-electron chi connectivity index (χ0n) is 16.8. The zero-order valence-corrected chi connectivity index (χ0v) is 16.8. The quantitative estimate of drug-likeness (QED) is 0.684. The molecule has 0 radical (unpaired) electrons. The number of amides is 1. The third-order valence-corrected chi connectivity index (χ3v) is 4.96. The molecule has 1 aliphatic heterocycles. The monoisotopic (exact) mass is 420 g/mol. The molecular formula is C22H23F3N2O3. The van der Waals surface area contributed by atoms with E-state index in [1.165, 1.54) is 12.1 Å². The van der Waals surface area contributed by atoms with Crippen LogP contribution in [0.25, 0.3) is 6.08 Å². The van der Waals surface area contributed by atoms with Gasteiger partial charge >= 0.3 is 6.18 Å². The van der Waals surface area contributed by atoms with Crippen LogP contribution in [0, 0.1) is 0 Å². The molecule has 3 rings (SSSR count). The molecule has 2 aromatic carbocycles. The largest absolute Gasteiger partial charge is 0.493 e. The number of piperazine rings is 1. The van der Waals surface area contributed by atoms with E-state index in [2.05, 4.69) is 0 Å². The third-order valence-electron chi connectivity index (χ3n) is 4.96. The van der Waals surface area contributed by atoms with Gasteiger partial charge in [-0.1, -0.05) is 12.1 Å². The van der Waals surface area contributed by atoms with Crippen molar-refractivity contribution in [3.63, 3.8) is 0 Å². The number of ether oxygens (including phenoxy) is 2. The number of hydrogen-bond donors (Lipinski definition) is 0. The summed E-state index contributed by atoms with van der Waals surface area (Å²) in [6.45, 7) is 1.81. The molecule has 160 valence electrons. The number of halogens is 3. The standard InChI is InChI=1S/C22H23F3N2O3/c1-29-19-8-6-16(14-20(19)30-2)7-9-21(28)27-12-10-26(11-13-27)18-5-3-4-17(15-18)22(23,24)25/h3-9,14-15H,10-13H2,1-2H3. The summed E-state index contributed by atoms with van der Waals surface area (Å²) in [5.74, 6) is 1.03. The van der Waals surface area contributed by atoms with Gasteiger partial charge in [0.25, 0.3) is 0 Å². The van der Waals surface area contributed by atoms with E-state index in [4.69, 9.17) is 9.47 Å². The summed E-state index contributed by atoms with van der Waals surface area (Å²) in [4.78, 5) is 16.0. The maximum atomic E-state index is 12.9. The molecule has 5 nitrogen and oxygen atoms in total. The van der Waals surface area contributed by atoms with Gasteiger partial charge in [-0.05, 0) is 42.0 Å². The Morgan fingerprint density at radius 2 is 1.67 bits per heavy atom. The van der Waals surface area contributed by atoms with Crippen molar-refractivity contribution in [1.82, 2.24) is 4.90 Å². The van der Waals surface area contributed by atoms with Crippen molar-refractivity contribution in [2.45, 2.75) is 6.18 Å². The van der Waals surface area contributed by atoms with Gasteiger partial charge in [-0.2, -0.15) is 13.2 Å². The molecule has 2 aromatic rings. The summed E-state index contributed by atoms with van der Waals surface area (Å²) in [5, 5.41) is 0. The molecule has 0 unspecified atom stereocenters. The highest BCUT2D eigenvalue weighted by Crippen LogP contribution is 2.32. The summed E-state index contributed by atoms with van der Waals surface area (Å²) in [6, 6.07) is 10.6. The average Bonchev–Trinajstić information content (AvgIpc) is 2.76. The second-order valence-corrected chi connectivity index (χ2v) is 6.81. The minimum Gasteiger partial charge on any atom is -0.493 e. The smallest absolute Gasteiger partial charge is 0.416 e. The fourth-order valence-corrected chi connectivity index (χ4v) is 3.29. The first kappa shape index (κ1) is 21.5. The van der Waals surface area contributed by atoms with Crippen molar-refractivity contribution >= 4 is 17.7 Å². The van der Waals surface area contributed by atoms with Crippen molar-refractivity contribution in [2.75, 3.05) is 45.3 Å². The van der Waals surface area contributed by atoms with Crippen LogP contribution in [0.1, 0.15) is 11.1 Å². The molecule has 8 heteroatoms. The number of carbonyl (C=O) groups is 1. The number of anilines is 1. The third kappa shape index (κ3) is 5.06. The lowest BCUT2D eigenvalue weighted by atomic mass is 10.1. The van der Waals surface area contributed by atoms with Gasteiger partial charge in [0.1, 0.15) is 0 Å². The average molecular weight is 420 g/mol. The molecule has 1 aliphatic rings. The Morgan fingerprint density at radius 1 is 0.967 bits per heavy atom. The van der Waals surface area contributed by atoms with Gasteiger partial charge in [0.15, 0.2) is 11.5 Å². The van der Waals surface area contributed by atoms with E-state index >= 15 is 0 Å². The van der Waals surface area contributed by atoms with Crippen LogP contribution in [0.2, 0.25) is 0 Å². The highest BCUT2D eigenvalue weighted by molar-refractivity contribution is 5.92. The predicted molar refractivity (Wildman–Crippen MR) is 109 cm³/mol. The SMILES string of the molecule is COc1ccc(C=CC(=O)N2CCN(c3cccc(C(F)(F)F)c3)CC2)cc1OC. The first-order valence-corrected chi connectivity index (χ1v) is 9.43. The van der Waals surface area contributed by atoms with Crippen LogP contribution in [-0.4, -0.2) is 51.2 Å². The fraction of sp³-hybridized carbons (Fsp3) is 0.318. The van der Waals surface area contributed by atoms with Crippen molar-refractivity contribution in [3.05, 3.63) is 59.7 Å². The van der Waals surface area contributed by atoms with Crippen LogP contribution in [0.3, 0.4) is 0 Å². The Hall–Kier alpha value is -3.16. The Morgan fingerprint density at radius 3 is 2.30 bits per heavy atom. The summed E-state index contributed by atoms with van der Waals surface area (Å²) in [7, 11) is 3.09. The van der Waals surface area contributed by atoms with E-state index in [0.717, 1.165) is 17.7 Å². The number of nitrogens with zero attached hydrogens (tertiary/aromatic N) is 2. The molecule has 0 spiro atoms. The second-order valence-electron chi connectivity index (χ2n) is 6.81. The number of hydrogen-bond acceptors (Lipinski definition) is 4. The molecule has 1 amide bonds. The molecule has 0 saturated carbocycles. The van der Waals surface area contributed by atoms with Crippen molar-refractivity contribution < 1.29 is 27.4 Å². The summed E-state index contributed by atoms with van der Waals surface area (Å²) < 4.78 is 49.2. The normalized spacial score (nSPS) is 14.8. The first-order chi connectivity index (χ1) is 14.3. The molecule has 1 fully saturated rings. The Bertz CT molecular complexity index is 920. The van der Waals surface area contributed by atoms with Crippen molar-refractivity contribution in [1.29, 1.82) is 0 Å². The van der Waals surface area contributed by atoms with E-state index in [-0.39, 0.29) is 5.91 Å². The summed E-state index contributed by atoms with van der Waals surface area (Å²) >= 11 is 0. The molecule has 0 atom stereocenters. The molecule has 1 saturated heterocycles. The molecule has 0 bridgehead atoms. The number of carbonyl (C=O) groups excluding carboxylic acids is 1. The number of rotatable bonds is 5. The van der Waals surface area contributed by atoms with Crippen LogP contribution >= 0.6 is 0 Å². The highest BCUT2D eigenvalue weighted by atomic mass is 19.4. The van der Waals surface area contributed by atoms with Crippen LogP contribution < -0.4 is 14.4 Å². The van der Waals surface area contributed by atoms with Gasteiger partial charge in [0.05, 0.1) is 19.8 Å². The number of alkyl halides is 3. The summed E-state index contributed by atoms with van der Waals surface area (Å²) in [6.07, 6.45) is -1.19. The van der Waals surface area contributed by atoms with E-state index in [1.807, 2.05) is 11.0 Å². The first-order valence-electron chi connectivity index (χ1n) is 9.43. The van der Waals surface area contributed by atoms with E-state index in [9.17, 15) is 18.0 Å². The molecule has 1 heterocycles. The van der Waals surface area contributed by atoms with Gasteiger partial charge in [-0.3, -0.25) is 4.79 Å². The van der Waals surface area contributed by atoms with Crippen LogP contribution in [0.4, 0.5) is 18.9 Å². The van der Waals surface area contributed by atoms with E-state index < -0.39 is 11.7 Å². The molecule has 0 N–H and O–H groups in total. The lowest BCUT2D eigenvalue weighted by Gasteiger charge is -2.35. The van der Waals surface area contributed by atoms with Gasteiger partial charge < -0.3 is 19.3 Å². The van der Waals surface area contributed by atoms with Crippen molar-refractivity contribution in [2.24, 2.45) is 0 Å². The summed E-state index contributed by atoms with van der Waals surface area (Å²) in [5.41, 5.74) is 0.637. The number of benzene rings is 2. The van der Waals surface area contributed by atoms with Gasteiger partial charge in [0, 0.05) is 37.9 Å². The predicted octanol–water partition coefficient (Wildman–Crippen LogP) is 4.08. The molecule has 0 aromatic heterocycles. The van der Waals surface area contributed by atoms with Crippen molar-refractivity contribution in [3.8, 4) is 11.5 Å². The Balaban J connectivity index is 1.60. The second kappa shape index (κ2) is 9.11. The van der Waals surface area contributed by atoms with Crippen LogP contribution in [-0.2, 0) is 11.0 Å². The minimum absolute atomic E-state index is 0.145. The molecule has 0 aliphatic carbocycles. The van der Waals surface area contributed by atoms with Crippen LogP contribution in [0.5, 0.6) is 11.5 Å². The fourth-order valence-electron chi connectivity index (χ4n) is 3.29. The topological polar surface area (TPSA) is 42.0 Å².